The van der Waals surface area contributed by atoms with Gasteiger partial charge in [-0.15, -0.1) is 0 Å². The van der Waals surface area contributed by atoms with E-state index < -0.39 is 12.2 Å². The smallest absolute Gasteiger partial charge is 0.405 e. The molecule has 0 radical (unpaired) electrons. The van der Waals surface area contributed by atoms with Crippen LogP contribution in [0.15, 0.2) is 53.1 Å². The van der Waals surface area contributed by atoms with Crippen LogP contribution in [0.1, 0.15) is 38.1 Å². The summed E-state index contributed by atoms with van der Waals surface area (Å²) in [6, 6.07) is 14.7. The summed E-state index contributed by atoms with van der Waals surface area (Å²) in [6.07, 6.45) is 0.196. The Balaban J connectivity index is 2.10. The van der Waals surface area contributed by atoms with E-state index in [1.165, 1.54) is 0 Å². The van der Waals surface area contributed by atoms with Gasteiger partial charge in [-0.25, -0.2) is 9.48 Å². The first-order valence-electron chi connectivity index (χ1n) is 8.40. The van der Waals surface area contributed by atoms with Crippen LogP contribution < -0.4 is 5.73 Å². The van der Waals surface area contributed by atoms with E-state index in [1.807, 2.05) is 51.1 Å². The number of benzene rings is 1. The molecule has 2 N–H and O–H groups in total. The number of hydrogen-bond donors (Lipinski definition) is 1. The third-order valence-corrected chi connectivity index (χ3v) is 4.04. The molecular weight excluding hydrogens is 344 g/mol. The summed E-state index contributed by atoms with van der Waals surface area (Å²) in [4.78, 5) is 11.4. The Kier molecular flexibility index (Phi) is 4.74. The number of amides is 1. The highest BCUT2D eigenvalue weighted by atomic mass is 16.6. The zero-order valence-corrected chi connectivity index (χ0v) is 15.3. The van der Waals surface area contributed by atoms with Crippen LogP contribution in [0.5, 0.6) is 0 Å². The summed E-state index contributed by atoms with van der Waals surface area (Å²) in [7, 11) is 0. The zero-order chi connectivity index (χ0) is 19.6. The molecule has 7 nitrogen and oxygen atoms in total. The van der Waals surface area contributed by atoms with Crippen molar-refractivity contribution < 1.29 is 13.9 Å². The highest BCUT2D eigenvalue weighted by molar-refractivity contribution is 5.65. The Labute approximate surface area is 157 Å². The van der Waals surface area contributed by atoms with E-state index in [0.29, 0.717) is 17.1 Å². The fourth-order valence-electron chi connectivity index (χ4n) is 2.91. The van der Waals surface area contributed by atoms with Crippen molar-refractivity contribution in [3.63, 3.8) is 0 Å². The first-order valence-corrected chi connectivity index (χ1v) is 8.40. The van der Waals surface area contributed by atoms with E-state index >= 15 is 0 Å². The molecule has 1 atom stereocenters. The van der Waals surface area contributed by atoms with Gasteiger partial charge in [-0.05, 0) is 29.8 Å². The number of nitrogens with zero attached hydrogens (tertiary/aromatic N) is 3. The van der Waals surface area contributed by atoms with Gasteiger partial charge in [0.2, 0.25) is 0 Å². The second-order valence-electron chi connectivity index (χ2n) is 7.19. The summed E-state index contributed by atoms with van der Waals surface area (Å²) in [5.74, 6) is 0.593. The van der Waals surface area contributed by atoms with E-state index in [9.17, 15) is 10.1 Å². The molecule has 2 heterocycles. The molecule has 0 bridgehead atoms. The van der Waals surface area contributed by atoms with Crippen molar-refractivity contribution in [1.29, 1.82) is 5.26 Å². The number of rotatable bonds is 4. The van der Waals surface area contributed by atoms with Crippen LogP contribution >= 0.6 is 0 Å². The van der Waals surface area contributed by atoms with Gasteiger partial charge in [0.15, 0.2) is 11.5 Å². The van der Waals surface area contributed by atoms with Gasteiger partial charge in [-0.2, -0.15) is 10.4 Å². The van der Waals surface area contributed by atoms with Gasteiger partial charge < -0.3 is 14.9 Å². The van der Waals surface area contributed by atoms with Crippen molar-refractivity contribution in [2.24, 2.45) is 11.1 Å². The second-order valence-corrected chi connectivity index (χ2v) is 7.19. The Morgan fingerprint density at radius 1 is 1.30 bits per heavy atom. The Bertz CT molecular complexity index is 991. The van der Waals surface area contributed by atoms with Crippen LogP contribution in [0.2, 0.25) is 0 Å². The third kappa shape index (κ3) is 3.85. The van der Waals surface area contributed by atoms with Gasteiger partial charge in [0.25, 0.3) is 0 Å². The Morgan fingerprint density at radius 3 is 2.67 bits per heavy atom. The van der Waals surface area contributed by atoms with Gasteiger partial charge in [-0.3, -0.25) is 0 Å². The Hall–Kier alpha value is -3.53. The molecule has 3 aromatic rings. The van der Waals surface area contributed by atoms with Crippen molar-refractivity contribution in [3.8, 4) is 23.2 Å². The summed E-state index contributed by atoms with van der Waals surface area (Å²) < 4.78 is 12.5. The lowest BCUT2D eigenvalue weighted by Gasteiger charge is -2.30. The summed E-state index contributed by atoms with van der Waals surface area (Å²) in [5, 5.41) is 13.6. The quantitative estimate of drug-likeness (QED) is 0.747. The van der Waals surface area contributed by atoms with E-state index in [1.54, 1.807) is 29.1 Å². The van der Waals surface area contributed by atoms with Crippen LogP contribution in [0, 0.1) is 16.7 Å². The van der Waals surface area contributed by atoms with Crippen molar-refractivity contribution in [1.82, 2.24) is 9.78 Å². The van der Waals surface area contributed by atoms with Gasteiger partial charge in [-0.1, -0.05) is 32.9 Å². The van der Waals surface area contributed by atoms with Gasteiger partial charge in [0.05, 0.1) is 12.0 Å². The SMILES string of the molecule is CC(C)(C)C(OC(N)=O)c1cccc(-n2nc(C#N)cc2-c2ccco2)c1. The lowest BCUT2D eigenvalue weighted by Crippen LogP contribution is -2.27. The van der Waals surface area contributed by atoms with Gasteiger partial charge >= 0.3 is 6.09 Å². The molecule has 0 saturated heterocycles. The van der Waals surface area contributed by atoms with Crippen molar-refractivity contribution >= 4 is 6.09 Å². The molecular formula is C20H20N4O3. The molecule has 0 saturated carbocycles. The number of carbonyl (C=O) groups is 1. The number of ether oxygens (including phenoxy) is 1. The molecule has 2 aromatic heterocycles. The van der Waals surface area contributed by atoms with Crippen molar-refractivity contribution in [2.75, 3.05) is 0 Å². The van der Waals surface area contributed by atoms with Crippen LogP contribution in [0.3, 0.4) is 0 Å². The van der Waals surface area contributed by atoms with E-state index in [2.05, 4.69) is 5.10 Å². The predicted octanol–water partition coefficient (Wildman–Crippen LogP) is 4.19. The standard InChI is InChI=1S/C20H20N4O3/c1-20(2,3)18(27-19(22)25)13-6-4-7-15(10-13)24-16(11-14(12-21)23-24)17-8-5-9-26-17/h4-11,18H,1-3H3,(H2,22,25). The number of furan rings is 1. The monoisotopic (exact) mass is 364 g/mol. The normalized spacial score (nSPS) is 12.4. The lowest BCUT2D eigenvalue weighted by molar-refractivity contribution is 0.0360. The molecule has 1 amide bonds. The number of carbonyl (C=O) groups excluding carboxylic acids is 1. The zero-order valence-electron chi connectivity index (χ0n) is 15.3. The van der Waals surface area contributed by atoms with Gasteiger partial charge in [0.1, 0.15) is 17.9 Å². The highest BCUT2D eigenvalue weighted by Gasteiger charge is 2.30. The molecule has 1 unspecified atom stereocenters. The molecule has 0 fully saturated rings. The second kappa shape index (κ2) is 7.00. The summed E-state index contributed by atoms with van der Waals surface area (Å²) in [5.41, 5.74) is 7.31. The maximum Gasteiger partial charge on any atom is 0.405 e. The topological polar surface area (TPSA) is 107 Å². The first kappa shape index (κ1) is 18.3. The first-order chi connectivity index (χ1) is 12.8. The van der Waals surface area contributed by atoms with Crippen molar-refractivity contribution in [2.45, 2.75) is 26.9 Å². The molecule has 7 heteroatoms. The number of hydrogen-bond acceptors (Lipinski definition) is 5. The fraction of sp³-hybridized carbons (Fsp3) is 0.250. The molecule has 0 aliphatic rings. The van der Waals surface area contributed by atoms with E-state index in [0.717, 1.165) is 5.56 Å². The molecule has 1 aromatic carbocycles. The highest BCUT2D eigenvalue weighted by Crippen LogP contribution is 2.37. The summed E-state index contributed by atoms with van der Waals surface area (Å²) in [6.45, 7) is 5.88. The average Bonchev–Trinajstić information content (AvgIpc) is 3.27. The maximum atomic E-state index is 11.4. The number of nitriles is 1. The van der Waals surface area contributed by atoms with Crippen LogP contribution in [0.25, 0.3) is 17.1 Å². The minimum absolute atomic E-state index is 0.271. The van der Waals surface area contributed by atoms with Gasteiger partial charge in [0, 0.05) is 11.5 Å². The predicted molar refractivity (Wildman–Crippen MR) is 98.8 cm³/mol. The summed E-state index contributed by atoms with van der Waals surface area (Å²) >= 11 is 0. The van der Waals surface area contributed by atoms with Crippen LogP contribution in [-0.2, 0) is 4.74 Å². The maximum absolute atomic E-state index is 11.4. The third-order valence-electron chi connectivity index (χ3n) is 4.04. The van der Waals surface area contributed by atoms with Crippen LogP contribution in [-0.4, -0.2) is 15.9 Å². The average molecular weight is 364 g/mol. The number of aromatic nitrogens is 2. The lowest BCUT2D eigenvalue weighted by atomic mass is 9.84. The molecule has 3 rings (SSSR count). The Morgan fingerprint density at radius 2 is 2.07 bits per heavy atom. The number of nitrogens with two attached hydrogens (primary N) is 1. The number of primary amides is 1. The molecule has 0 aliphatic heterocycles. The molecule has 27 heavy (non-hydrogen) atoms. The minimum Gasteiger partial charge on any atom is -0.463 e. The molecule has 138 valence electrons. The molecule has 0 aliphatic carbocycles. The largest absolute Gasteiger partial charge is 0.463 e. The van der Waals surface area contributed by atoms with Crippen LogP contribution in [0.4, 0.5) is 4.79 Å². The van der Waals surface area contributed by atoms with E-state index in [4.69, 9.17) is 14.9 Å². The molecule has 0 spiro atoms. The van der Waals surface area contributed by atoms with Crippen molar-refractivity contribution in [3.05, 3.63) is 60.0 Å². The van der Waals surface area contributed by atoms with E-state index in [-0.39, 0.29) is 11.1 Å². The minimum atomic E-state index is -0.831. The fourth-order valence-corrected chi connectivity index (χ4v) is 2.91.